The van der Waals surface area contributed by atoms with E-state index in [1.807, 2.05) is 12.1 Å². The first-order valence-electron chi connectivity index (χ1n) is 7.58. The van der Waals surface area contributed by atoms with Gasteiger partial charge >= 0.3 is 0 Å². The molecule has 3 N–H and O–H groups in total. The summed E-state index contributed by atoms with van der Waals surface area (Å²) in [6.07, 6.45) is 8.88. The summed E-state index contributed by atoms with van der Waals surface area (Å²) >= 11 is 0. The SMILES string of the molecule is Nc1cc(CC2(O)CC3CC2C2CCCC32)ccn1. The fourth-order valence-electron chi connectivity index (χ4n) is 5.40. The van der Waals surface area contributed by atoms with Crippen LogP contribution in [0.2, 0.25) is 0 Å². The molecule has 1 aromatic rings. The van der Waals surface area contributed by atoms with Crippen LogP contribution in [0, 0.1) is 23.7 Å². The molecule has 0 radical (unpaired) electrons. The standard InChI is InChI=1S/C16H22N2O/c17-15-6-10(4-5-18-15)8-16(19)9-11-7-14(16)13-3-1-2-12(11)13/h4-6,11-14,19H,1-3,7-9H2,(H2,17,18). The normalized spacial score (nSPS) is 43.6. The summed E-state index contributed by atoms with van der Waals surface area (Å²) in [5.41, 5.74) is 6.40. The molecule has 4 rings (SSSR count). The van der Waals surface area contributed by atoms with Crippen molar-refractivity contribution in [2.45, 2.75) is 44.1 Å². The van der Waals surface area contributed by atoms with Gasteiger partial charge in [0, 0.05) is 12.6 Å². The van der Waals surface area contributed by atoms with Crippen LogP contribution in [0.1, 0.15) is 37.7 Å². The summed E-state index contributed by atoms with van der Waals surface area (Å²) in [6, 6.07) is 3.91. The van der Waals surface area contributed by atoms with Crippen molar-refractivity contribution in [1.29, 1.82) is 0 Å². The van der Waals surface area contributed by atoms with Gasteiger partial charge in [-0.1, -0.05) is 6.42 Å². The topological polar surface area (TPSA) is 59.1 Å². The lowest BCUT2D eigenvalue weighted by molar-refractivity contribution is -0.0450. The van der Waals surface area contributed by atoms with Crippen molar-refractivity contribution in [2.75, 3.05) is 5.73 Å². The van der Waals surface area contributed by atoms with E-state index in [2.05, 4.69) is 4.98 Å². The summed E-state index contributed by atoms with van der Waals surface area (Å²) < 4.78 is 0. The summed E-state index contributed by atoms with van der Waals surface area (Å²) in [5.74, 6) is 3.58. The van der Waals surface area contributed by atoms with E-state index >= 15 is 0 Å². The lowest BCUT2D eigenvalue weighted by atomic mass is 9.71. The number of aromatic nitrogens is 1. The first kappa shape index (κ1) is 11.7. The van der Waals surface area contributed by atoms with Crippen molar-refractivity contribution in [3.63, 3.8) is 0 Å². The molecule has 0 aromatic carbocycles. The fraction of sp³-hybridized carbons (Fsp3) is 0.688. The van der Waals surface area contributed by atoms with Gasteiger partial charge in [-0.2, -0.15) is 0 Å². The van der Waals surface area contributed by atoms with Crippen LogP contribution >= 0.6 is 0 Å². The number of rotatable bonds is 2. The number of nitrogens with zero attached hydrogens (tertiary/aromatic N) is 1. The first-order valence-corrected chi connectivity index (χ1v) is 7.58. The van der Waals surface area contributed by atoms with Gasteiger partial charge in [-0.25, -0.2) is 4.98 Å². The van der Waals surface area contributed by atoms with E-state index in [4.69, 9.17) is 5.73 Å². The Bertz CT molecular complexity index is 503. The molecule has 3 aliphatic carbocycles. The van der Waals surface area contributed by atoms with Gasteiger partial charge in [-0.05, 0) is 67.1 Å². The van der Waals surface area contributed by atoms with E-state index in [0.717, 1.165) is 36.2 Å². The molecule has 19 heavy (non-hydrogen) atoms. The molecule has 3 aliphatic rings. The molecule has 5 unspecified atom stereocenters. The third kappa shape index (κ3) is 1.71. The number of fused-ring (bicyclic) bond motifs is 5. The Labute approximate surface area is 114 Å². The van der Waals surface area contributed by atoms with Crippen molar-refractivity contribution in [3.05, 3.63) is 23.9 Å². The lowest BCUT2D eigenvalue weighted by Gasteiger charge is -2.39. The van der Waals surface area contributed by atoms with E-state index in [1.54, 1.807) is 6.20 Å². The molecule has 0 amide bonds. The van der Waals surface area contributed by atoms with Crippen LogP contribution in [-0.4, -0.2) is 15.7 Å². The molecule has 102 valence electrons. The zero-order valence-electron chi connectivity index (χ0n) is 11.3. The number of nitrogen functional groups attached to an aromatic ring is 1. The molecule has 5 atom stereocenters. The maximum absolute atomic E-state index is 11.1. The highest BCUT2D eigenvalue weighted by atomic mass is 16.3. The average Bonchev–Trinajstić information content (AvgIpc) is 2.99. The van der Waals surface area contributed by atoms with Crippen molar-refractivity contribution < 1.29 is 5.11 Å². The van der Waals surface area contributed by atoms with Crippen molar-refractivity contribution >= 4 is 5.82 Å². The van der Waals surface area contributed by atoms with Crippen LogP contribution in [0.5, 0.6) is 0 Å². The monoisotopic (exact) mass is 258 g/mol. The zero-order valence-corrected chi connectivity index (χ0v) is 11.3. The quantitative estimate of drug-likeness (QED) is 0.856. The van der Waals surface area contributed by atoms with Crippen molar-refractivity contribution in [1.82, 2.24) is 4.98 Å². The number of nitrogens with two attached hydrogens (primary N) is 1. The Morgan fingerprint density at radius 3 is 3.05 bits per heavy atom. The molecule has 1 aromatic heterocycles. The van der Waals surface area contributed by atoms with Crippen molar-refractivity contribution in [3.8, 4) is 0 Å². The molecular weight excluding hydrogens is 236 g/mol. The molecule has 0 aliphatic heterocycles. The average molecular weight is 258 g/mol. The Hall–Kier alpha value is -1.09. The van der Waals surface area contributed by atoms with Gasteiger partial charge < -0.3 is 10.8 Å². The Kier molecular flexibility index (Phi) is 2.44. The minimum atomic E-state index is -0.482. The van der Waals surface area contributed by atoms with Gasteiger partial charge in [0.25, 0.3) is 0 Å². The molecule has 3 saturated carbocycles. The third-order valence-electron chi connectivity index (χ3n) is 5.97. The molecule has 3 fully saturated rings. The second-order valence-corrected chi connectivity index (χ2v) is 6.93. The lowest BCUT2D eigenvalue weighted by Crippen LogP contribution is -2.43. The van der Waals surface area contributed by atoms with Crippen LogP contribution in [0.15, 0.2) is 18.3 Å². The van der Waals surface area contributed by atoms with Gasteiger partial charge in [0.15, 0.2) is 0 Å². The van der Waals surface area contributed by atoms with Gasteiger partial charge in [-0.3, -0.25) is 0 Å². The van der Waals surface area contributed by atoms with Crippen LogP contribution in [0.3, 0.4) is 0 Å². The highest BCUT2D eigenvalue weighted by molar-refractivity contribution is 5.33. The Balaban J connectivity index is 1.58. The van der Waals surface area contributed by atoms with Gasteiger partial charge in [0.05, 0.1) is 5.60 Å². The molecule has 1 heterocycles. The smallest absolute Gasteiger partial charge is 0.123 e. The number of pyridine rings is 1. The van der Waals surface area contributed by atoms with Gasteiger partial charge in [0.2, 0.25) is 0 Å². The summed E-state index contributed by atoms with van der Waals surface area (Å²) in [4.78, 5) is 4.03. The number of hydrogen-bond donors (Lipinski definition) is 2. The van der Waals surface area contributed by atoms with Crippen molar-refractivity contribution in [2.24, 2.45) is 23.7 Å². The minimum absolute atomic E-state index is 0.482. The van der Waals surface area contributed by atoms with E-state index in [0.29, 0.717) is 11.7 Å². The molecule has 0 saturated heterocycles. The minimum Gasteiger partial charge on any atom is -0.389 e. The largest absolute Gasteiger partial charge is 0.389 e. The number of hydrogen-bond acceptors (Lipinski definition) is 3. The van der Waals surface area contributed by atoms with Crippen LogP contribution in [-0.2, 0) is 6.42 Å². The fourth-order valence-corrected chi connectivity index (χ4v) is 5.40. The number of aliphatic hydroxyl groups is 1. The predicted octanol–water partition coefficient (Wildman–Crippen LogP) is 2.39. The molecule has 2 bridgehead atoms. The summed E-state index contributed by atoms with van der Waals surface area (Å²) in [6.45, 7) is 0. The van der Waals surface area contributed by atoms with E-state index in [-0.39, 0.29) is 0 Å². The molecule has 0 spiro atoms. The summed E-state index contributed by atoms with van der Waals surface area (Å²) in [5, 5.41) is 11.1. The second kappa shape index (κ2) is 3.95. The van der Waals surface area contributed by atoms with Gasteiger partial charge in [-0.15, -0.1) is 0 Å². The molecule has 3 nitrogen and oxygen atoms in total. The highest BCUT2D eigenvalue weighted by Crippen LogP contribution is 2.62. The molecule has 3 heteroatoms. The maximum atomic E-state index is 11.1. The van der Waals surface area contributed by atoms with E-state index in [1.165, 1.54) is 25.7 Å². The third-order valence-corrected chi connectivity index (χ3v) is 5.97. The van der Waals surface area contributed by atoms with Gasteiger partial charge in [0.1, 0.15) is 5.82 Å². The Morgan fingerprint density at radius 1 is 1.37 bits per heavy atom. The highest BCUT2D eigenvalue weighted by Gasteiger charge is 2.59. The summed E-state index contributed by atoms with van der Waals surface area (Å²) in [7, 11) is 0. The predicted molar refractivity (Wildman–Crippen MR) is 74.3 cm³/mol. The van der Waals surface area contributed by atoms with Crippen LogP contribution in [0.4, 0.5) is 5.82 Å². The van der Waals surface area contributed by atoms with Crippen LogP contribution < -0.4 is 5.73 Å². The Morgan fingerprint density at radius 2 is 2.21 bits per heavy atom. The van der Waals surface area contributed by atoms with E-state index in [9.17, 15) is 5.11 Å². The van der Waals surface area contributed by atoms with Crippen LogP contribution in [0.25, 0.3) is 0 Å². The first-order chi connectivity index (χ1) is 9.16. The van der Waals surface area contributed by atoms with E-state index < -0.39 is 5.60 Å². The second-order valence-electron chi connectivity index (χ2n) is 6.93. The molecular formula is C16H22N2O. The zero-order chi connectivity index (χ0) is 13.0. The maximum Gasteiger partial charge on any atom is 0.123 e. The number of anilines is 1.